The Morgan fingerprint density at radius 3 is 1.60 bits per heavy atom. The van der Waals surface area contributed by atoms with Crippen LogP contribution in [-0.4, -0.2) is 116 Å². The zero-order valence-electron chi connectivity index (χ0n) is 49.8. The van der Waals surface area contributed by atoms with Crippen molar-refractivity contribution in [2.75, 3.05) is 53.6 Å². The molecular weight excluding hydrogens is 1120 g/mol. The second-order valence-corrected chi connectivity index (χ2v) is 23.8. The average Bonchev–Trinajstić information content (AvgIpc) is 4.07. The lowest BCUT2D eigenvalue weighted by atomic mass is 9.81. The quantitative estimate of drug-likeness (QED) is 0.0432. The number of pyridine rings is 2. The van der Waals surface area contributed by atoms with Crippen molar-refractivity contribution in [3.8, 4) is 11.1 Å². The van der Waals surface area contributed by atoms with Crippen LogP contribution in [0.4, 0.5) is 0 Å². The molecule has 8 aromatic rings. The van der Waals surface area contributed by atoms with E-state index in [0.29, 0.717) is 24.2 Å². The van der Waals surface area contributed by atoms with E-state index in [1.54, 1.807) is 26.5 Å². The number of likely N-dealkylation sites (tertiary alicyclic amines) is 2. The predicted molar refractivity (Wildman–Crippen MR) is 342 cm³/mol. The molecule has 84 heavy (non-hydrogen) atoms. The zero-order valence-corrected chi connectivity index (χ0v) is 51.4. The first-order valence-electron chi connectivity index (χ1n) is 29.7. The lowest BCUT2D eigenvalue weighted by Crippen LogP contribution is -2.41. The number of imidazole rings is 2. The van der Waals surface area contributed by atoms with Crippen molar-refractivity contribution in [2.45, 2.75) is 124 Å². The topological polar surface area (TPSA) is 152 Å². The highest BCUT2D eigenvalue weighted by Gasteiger charge is 2.31. The van der Waals surface area contributed by atoms with Gasteiger partial charge in [-0.3, -0.25) is 14.6 Å². The number of carbonyl (C=O) groups is 2. The van der Waals surface area contributed by atoms with Crippen molar-refractivity contribution in [3.63, 3.8) is 0 Å². The van der Waals surface area contributed by atoms with E-state index in [1.807, 2.05) is 55.9 Å². The lowest BCUT2D eigenvalue weighted by molar-refractivity contribution is -0.676. The molecule has 2 fully saturated rings. The highest BCUT2D eigenvalue weighted by Crippen LogP contribution is 2.33. The summed E-state index contributed by atoms with van der Waals surface area (Å²) < 4.78 is 18.2. The van der Waals surface area contributed by atoms with Crippen LogP contribution in [0.15, 0.2) is 138 Å². The minimum absolute atomic E-state index is 0. The molecule has 2 amide bonds. The summed E-state index contributed by atoms with van der Waals surface area (Å²) in [6.07, 6.45) is 12.7. The van der Waals surface area contributed by atoms with Crippen LogP contribution >= 0.6 is 15.9 Å². The summed E-state index contributed by atoms with van der Waals surface area (Å²) in [6.45, 7) is 14.7. The van der Waals surface area contributed by atoms with Gasteiger partial charge in [-0.25, -0.2) is 14.5 Å². The van der Waals surface area contributed by atoms with E-state index in [4.69, 9.17) is 29.5 Å². The maximum absolute atomic E-state index is 13.4. The number of para-hydroxylation sites is 4. The molecule has 2 aliphatic heterocycles. The summed E-state index contributed by atoms with van der Waals surface area (Å²) in [5.74, 6) is 3.90. The van der Waals surface area contributed by atoms with Gasteiger partial charge in [-0.05, 0) is 129 Å². The number of hydrogen-bond acceptors (Lipinski definition) is 9. The number of hydrogen-bond donors (Lipinski definition) is 2. The maximum atomic E-state index is 13.4. The standard InChI is InChI=1S/C33H40N4O2.C27H34BrN3O2.C7H11BNO2.CH4/c1-24(20-26-12-15-27(16-13-26)28-14-11-25(2)34-22-28)21-32(38)36-17-6-8-29(23-36)33-35-30-9-4-5-10-31(30)37(33)18-7-19-39-3;1-20(17-21-10-12-23(28)13-11-21)18-26(32)30-14-5-7-22(19-30)27-29-24-8-3-4-9-25(24)31(27)15-6-16-33-2;1-6-3-4-7(8(10)11)5-9(6)2;/h4-5,9-16,22,24,29H,6-8,17-21,23H2,1-3H3;3-4,8-13,20,22H,5-7,14-19H2,1-2H3;3-5,10-11H,1-2H3;1H4/q;;+1;/t24-,29-;20-,22-;;/m11../s1. The molecule has 14 nitrogen and oxygen atoms in total. The van der Waals surface area contributed by atoms with Crippen LogP contribution in [0.5, 0.6) is 0 Å². The van der Waals surface area contributed by atoms with Crippen molar-refractivity contribution in [3.05, 3.63) is 172 Å². The molecule has 6 heterocycles. The molecule has 4 aromatic carbocycles. The number of rotatable bonds is 20. The molecule has 0 bridgehead atoms. The third-order valence-electron chi connectivity index (χ3n) is 16.1. The molecule has 0 aliphatic carbocycles. The Kier molecular flexibility index (Phi) is 24.8. The van der Waals surface area contributed by atoms with Gasteiger partial charge in [0.25, 0.3) is 0 Å². The van der Waals surface area contributed by atoms with Gasteiger partial charge in [0.05, 0.1) is 22.1 Å². The number of aryl methyl sites for hydroxylation is 5. The van der Waals surface area contributed by atoms with E-state index >= 15 is 0 Å². The molecule has 0 spiro atoms. The smallest absolute Gasteiger partial charge is 0.423 e. The normalized spacial score (nSPS) is 15.8. The van der Waals surface area contributed by atoms with Crippen LogP contribution in [0.1, 0.15) is 119 Å². The molecule has 0 unspecified atom stereocenters. The highest BCUT2D eigenvalue weighted by molar-refractivity contribution is 9.10. The molecule has 0 radical (unpaired) electrons. The summed E-state index contributed by atoms with van der Waals surface area (Å²) in [5.41, 5.74) is 11.9. The van der Waals surface area contributed by atoms with E-state index in [1.165, 1.54) is 27.7 Å². The Morgan fingerprint density at radius 1 is 0.667 bits per heavy atom. The van der Waals surface area contributed by atoms with Gasteiger partial charge in [-0.1, -0.05) is 110 Å². The fourth-order valence-corrected chi connectivity index (χ4v) is 11.9. The number of ether oxygens (including phenoxy) is 2. The molecule has 4 aromatic heterocycles. The molecule has 16 heteroatoms. The third-order valence-corrected chi connectivity index (χ3v) is 16.7. The van der Waals surface area contributed by atoms with Gasteiger partial charge in [0.1, 0.15) is 18.7 Å². The number of nitrogens with zero attached hydrogens (tertiary/aromatic N) is 8. The fourth-order valence-electron chi connectivity index (χ4n) is 11.6. The van der Waals surface area contributed by atoms with Gasteiger partial charge in [0.2, 0.25) is 11.8 Å². The lowest BCUT2D eigenvalue weighted by Gasteiger charge is -2.33. The third kappa shape index (κ3) is 18.0. The monoisotopic (exact) mass is 1200 g/mol. The second-order valence-electron chi connectivity index (χ2n) is 22.9. The number of benzene rings is 4. The van der Waals surface area contributed by atoms with Gasteiger partial charge < -0.3 is 38.5 Å². The molecule has 4 atom stereocenters. The summed E-state index contributed by atoms with van der Waals surface area (Å²) >= 11 is 3.49. The first-order valence-corrected chi connectivity index (χ1v) is 30.5. The Morgan fingerprint density at radius 2 is 1.14 bits per heavy atom. The number of fused-ring (bicyclic) bond motifs is 2. The number of carbonyl (C=O) groups excluding carboxylic acids is 2. The minimum atomic E-state index is -1.37. The van der Waals surface area contributed by atoms with Gasteiger partial charge in [-0.15, -0.1) is 0 Å². The van der Waals surface area contributed by atoms with Crippen LogP contribution in [0, 0.1) is 25.7 Å². The van der Waals surface area contributed by atoms with Gasteiger partial charge in [-0.2, -0.15) is 0 Å². The predicted octanol–water partition coefficient (Wildman–Crippen LogP) is 11.4. The number of aromatic nitrogens is 6. The van der Waals surface area contributed by atoms with Crippen LogP contribution in [0.2, 0.25) is 0 Å². The first kappa shape index (κ1) is 65.0. The molecule has 10 rings (SSSR count). The average molecular weight is 1210 g/mol. The van der Waals surface area contributed by atoms with E-state index in [2.05, 4.69) is 145 Å². The molecule has 446 valence electrons. The number of methoxy groups -OCH3 is 2. The van der Waals surface area contributed by atoms with Crippen LogP contribution in [0.3, 0.4) is 0 Å². The van der Waals surface area contributed by atoms with Crippen LogP contribution in [0.25, 0.3) is 33.2 Å². The highest BCUT2D eigenvalue weighted by atomic mass is 79.9. The summed E-state index contributed by atoms with van der Waals surface area (Å²) in [5, 5.41) is 17.6. The van der Waals surface area contributed by atoms with Crippen LogP contribution < -0.4 is 10.0 Å². The molecule has 2 aliphatic rings. The number of amides is 2. The summed E-state index contributed by atoms with van der Waals surface area (Å²) in [6, 6.07) is 41.5. The zero-order chi connectivity index (χ0) is 58.8. The first-order chi connectivity index (χ1) is 40.2. The summed E-state index contributed by atoms with van der Waals surface area (Å²) in [4.78, 5) is 45.2. The Labute approximate surface area is 507 Å². The van der Waals surface area contributed by atoms with Crippen molar-refractivity contribution >= 4 is 62.4 Å². The Balaban J connectivity index is 0.000000204. The maximum Gasteiger partial charge on any atom is 0.494 e. The van der Waals surface area contributed by atoms with E-state index in [0.717, 1.165) is 148 Å². The molecule has 0 saturated carbocycles. The molecular formula is C68H89BBrN8O6+. The van der Waals surface area contributed by atoms with Gasteiger partial charge >= 0.3 is 7.12 Å². The fraction of sp³-hybridized carbons (Fsp3) is 0.441. The van der Waals surface area contributed by atoms with Gasteiger partial charge in [0.15, 0.2) is 11.9 Å². The van der Waals surface area contributed by atoms with Crippen molar-refractivity contribution < 1.29 is 33.7 Å². The molecule has 2 N–H and O–H groups in total. The number of halogens is 1. The van der Waals surface area contributed by atoms with E-state index in [-0.39, 0.29) is 37.0 Å². The Hall–Kier alpha value is -6.56. The summed E-state index contributed by atoms with van der Waals surface area (Å²) in [7, 11) is 3.98. The Bertz CT molecular complexity index is 3330. The van der Waals surface area contributed by atoms with Crippen LogP contribution in [-0.2, 0) is 52.0 Å². The van der Waals surface area contributed by atoms with Crippen molar-refractivity contribution in [2.24, 2.45) is 18.9 Å². The van der Waals surface area contributed by atoms with E-state index < -0.39 is 7.12 Å². The largest absolute Gasteiger partial charge is 0.494 e. The minimum Gasteiger partial charge on any atom is -0.423 e. The molecule has 2 saturated heterocycles. The van der Waals surface area contributed by atoms with Crippen molar-refractivity contribution in [1.29, 1.82) is 0 Å². The second kappa shape index (κ2) is 32.1. The van der Waals surface area contributed by atoms with Gasteiger partial charge in [0, 0.05) is 132 Å². The van der Waals surface area contributed by atoms with E-state index in [9.17, 15) is 9.59 Å². The van der Waals surface area contributed by atoms with Crippen molar-refractivity contribution in [1.82, 2.24) is 33.9 Å². The number of piperidine rings is 2. The SMILES string of the molecule is C.COCCCn1c([C@@H]2CCCN(C(=O)C[C@H](C)Cc3ccc(-c4ccc(C)nc4)cc3)C2)nc2ccccc21.COCCCn1c([C@@H]2CCCN(C(=O)C[C@H](C)Cc3ccc(Br)cc3)C2)nc2ccccc21.Cc1ccc(B(O)O)c[n+]1C.